The smallest absolute Gasteiger partial charge is 0.264 e. The number of carbonyl (C=O) groups excluding carboxylic acids is 1. The van der Waals surface area contributed by atoms with Crippen molar-refractivity contribution in [3.63, 3.8) is 0 Å². The van der Waals surface area contributed by atoms with Gasteiger partial charge in [-0.2, -0.15) is 0 Å². The first kappa shape index (κ1) is 15.3. The third-order valence-corrected chi connectivity index (χ3v) is 4.55. The number of hydrogen-bond donors (Lipinski definition) is 1. The van der Waals surface area contributed by atoms with E-state index in [0.29, 0.717) is 5.92 Å². The van der Waals surface area contributed by atoms with Crippen LogP contribution in [0.2, 0.25) is 0 Å². The number of nitrogens with one attached hydrogen (secondary N) is 1. The monoisotopic (exact) mass is 319 g/mol. The molecule has 1 N–H and O–H groups in total. The van der Waals surface area contributed by atoms with Gasteiger partial charge in [0.15, 0.2) is 0 Å². The largest absolute Gasteiger partial charge is 0.350 e. The SMILES string of the molecule is CC(CC1CC1)NC(=O)c1ccc(F)c(S(=O)(=O)Cl)c1. The normalized spacial score (nSPS) is 16.8. The van der Waals surface area contributed by atoms with Crippen molar-refractivity contribution in [1.29, 1.82) is 0 Å². The fraction of sp³-hybridized carbons (Fsp3) is 0.462. The summed E-state index contributed by atoms with van der Waals surface area (Å²) in [4.78, 5) is 11.3. The average molecular weight is 320 g/mol. The van der Waals surface area contributed by atoms with E-state index in [1.165, 1.54) is 18.9 Å². The lowest BCUT2D eigenvalue weighted by Gasteiger charge is -2.13. The van der Waals surface area contributed by atoms with Crippen LogP contribution < -0.4 is 5.32 Å². The van der Waals surface area contributed by atoms with E-state index in [1.807, 2.05) is 6.92 Å². The van der Waals surface area contributed by atoms with E-state index in [0.717, 1.165) is 18.6 Å². The van der Waals surface area contributed by atoms with Crippen LogP contribution >= 0.6 is 10.7 Å². The average Bonchev–Trinajstić information content (AvgIpc) is 3.11. The Labute approximate surface area is 121 Å². The molecule has 0 aliphatic heterocycles. The molecule has 0 radical (unpaired) electrons. The summed E-state index contributed by atoms with van der Waals surface area (Å²) in [5, 5.41) is 2.77. The van der Waals surface area contributed by atoms with Crippen molar-refractivity contribution >= 4 is 25.6 Å². The van der Waals surface area contributed by atoms with Gasteiger partial charge in [-0.15, -0.1) is 0 Å². The third kappa shape index (κ3) is 3.93. The van der Waals surface area contributed by atoms with Gasteiger partial charge in [0, 0.05) is 22.3 Å². The number of benzene rings is 1. The van der Waals surface area contributed by atoms with Gasteiger partial charge in [0.1, 0.15) is 10.7 Å². The molecule has 110 valence electrons. The van der Waals surface area contributed by atoms with E-state index in [4.69, 9.17) is 10.7 Å². The molecule has 1 amide bonds. The van der Waals surface area contributed by atoms with Gasteiger partial charge >= 0.3 is 0 Å². The highest BCUT2D eigenvalue weighted by molar-refractivity contribution is 8.13. The van der Waals surface area contributed by atoms with Crippen LogP contribution in [0.3, 0.4) is 0 Å². The molecular formula is C13H15ClFNO3S. The topological polar surface area (TPSA) is 63.2 Å². The van der Waals surface area contributed by atoms with Gasteiger partial charge in [-0.25, -0.2) is 12.8 Å². The second-order valence-electron chi connectivity index (χ2n) is 5.14. The summed E-state index contributed by atoms with van der Waals surface area (Å²) in [6, 6.07) is 3.11. The van der Waals surface area contributed by atoms with Gasteiger partial charge < -0.3 is 5.32 Å². The van der Waals surface area contributed by atoms with Gasteiger partial charge in [-0.1, -0.05) is 12.8 Å². The summed E-state index contributed by atoms with van der Waals surface area (Å²) in [5.74, 6) is -0.736. The van der Waals surface area contributed by atoms with Crippen LogP contribution in [0.4, 0.5) is 4.39 Å². The minimum Gasteiger partial charge on any atom is -0.350 e. The zero-order valence-corrected chi connectivity index (χ0v) is 12.5. The summed E-state index contributed by atoms with van der Waals surface area (Å²) >= 11 is 0. The quantitative estimate of drug-likeness (QED) is 0.849. The van der Waals surface area contributed by atoms with Crippen LogP contribution in [0.5, 0.6) is 0 Å². The first-order valence-corrected chi connectivity index (χ1v) is 8.63. The van der Waals surface area contributed by atoms with Gasteiger partial charge in [0.25, 0.3) is 15.0 Å². The summed E-state index contributed by atoms with van der Waals surface area (Å²) in [6.07, 6.45) is 3.27. The summed E-state index contributed by atoms with van der Waals surface area (Å²) in [7, 11) is 0.914. The lowest BCUT2D eigenvalue weighted by molar-refractivity contribution is 0.0937. The van der Waals surface area contributed by atoms with Crippen molar-refractivity contribution in [2.24, 2.45) is 5.92 Å². The Kier molecular flexibility index (Phi) is 4.34. The molecule has 1 saturated carbocycles. The Bertz CT molecular complexity index is 629. The van der Waals surface area contributed by atoms with E-state index in [-0.39, 0.29) is 11.6 Å². The van der Waals surface area contributed by atoms with Gasteiger partial charge in [0.2, 0.25) is 0 Å². The molecule has 1 aromatic carbocycles. The fourth-order valence-corrected chi connectivity index (χ4v) is 2.97. The Morgan fingerprint density at radius 2 is 2.15 bits per heavy atom. The number of carbonyl (C=O) groups is 1. The predicted octanol–water partition coefficient (Wildman–Crippen LogP) is 2.67. The first-order valence-electron chi connectivity index (χ1n) is 6.32. The van der Waals surface area contributed by atoms with Crippen LogP contribution in [0.25, 0.3) is 0 Å². The van der Waals surface area contributed by atoms with Crippen LogP contribution in [0, 0.1) is 11.7 Å². The van der Waals surface area contributed by atoms with E-state index in [9.17, 15) is 17.6 Å². The van der Waals surface area contributed by atoms with Crippen molar-refractivity contribution < 1.29 is 17.6 Å². The molecular weight excluding hydrogens is 305 g/mol. The zero-order chi connectivity index (χ0) is 14.9. The highest BCUT2D eigenvalue weighted by atomic mass is 35.7. The standard InChI is InChI=1S/C13H15ClFNO3S/c1-8(6-9-2-3-9)16-13(17)10-4-5-11(15)12(7-10)20(14,18)19/h4-5,7-9H,2-3,6H2,1H3,(H,16,17). The Morgan fingerprint density at radius 1 is 1.50 bits per heavy atom. The molecule has 1 aromatic rings. The highest BCUT2D eigenvalue weighted by Crippen LogP contribution is 2.33. The van der Waals surface area contributed by atoms with E-state index in [1.54, 1.807) is 0 Å². The maximum absolute atomic E-state index is 13.4. The van der Waals surface area contributed by atoms with Crippen molar-refractivity contribution in [3.8, 4) is 0 Å². The molecule has 1 aliphatic carbocycles. The Morgan fingerprint density at radius 3 is 2.70 bits per heavy atom. The molecule has 0 aromatic heterocycles. The predicted molar refractivity (Wildman–Crippen MR) is 73.7 cm³/mol. The molecule has 0 spiro atoms. The molecule has 1 unspecified atom stereocenters. The van der Waals surface area contributed by atoms with Gasteiger partial charge in [-0.05, 0) is 37.5 Å². The third-order valence-electron chi connectivity index (χ3n) is 3.22. The van der Waals surface area contributed by atoms with Crippen LogP contribution in [0.1, 0.15) is 36.5 Å². The maximum Gasteiger partial charge on any atom is 0.264 e. The van der Waals surface area contributed by atoms with Crippen LogP contribution in [0.15, 0.2) is 23.1 Å². The highest BCUT2D eigenvalue weighted by Gasteiger charge is 2.25. The van der Waals surface area contributed by atoms with Crippen molar-refractivity contribution in [2.75, 3.05) is 0 Å². The number of rotatable bonds is 5. The second-order valence-corrected chi connectivity index (χ2v) is 7.67. The van der Waals surface area contributed by atoms with E-state index in [2.05, 4.69) is 5.32 Å². The number of amides is 1. The van der Waals surface area contributed by atoms with Crippen molar-refractivity contribution in [1.82, 2.24) is 5.32 Å². The molecule has 0 saturated heterocycles. The summed E-state index contributed by atoms with van der Waals surface area (Å²) in [6.45, 7) is 1.89. The molecule has 4 nitrogen and oxygen atoms in total. The molecule has 0 bridgehead atoms. The molecule has 1 fully saturated rings. The molecule has 1 atom stereocenters. The van der Waals surface area contributed by atoms with Crippen LogP contribution in [-0.4, -0.2) is 20.4 Å². The first-order chi connectivity index (χ1) is 9.27. The molecule has 2 rings (SSSR count). The Balaban J connectivity index is 2.13. The van der Waals surface area contributed by atoms with Gasteiger partial charge in [-0.3, -0.25) is 4.79 Å². The van der Waals surface area contributed by atoms with Crippen molar-refractivity contribution in [2.45, 2.75) is 37.1 Å². The molecule has 0 heterocycles. The van der Waals surface area contributed by atoms with E-state index < -0.39 is 25.7 Å². The van der Waals surface area contributed by atoms with E-state index >= 15 is 0 Å². The lowest BCUT2D eigenvalue weighted by atomic mass is 10.1. The molecule has 20 heavy (non-hydrogen) atoms. The minimum atomic E-state index is -4.21. The molecule has 7 heteroatoms. The Hall–Kier alpha value is -1.14. The van der Waals surface area contributed by atoms with Crippen LogP contribution in [-0.2, 0) is 9.05 Å². The molecule has 1 aliphatic rings. The van der Waals surface area contributed by atoms with Gasteiger partial charge in [0.05, 0.1) is 0 Å². The second kappa shape index (κ2) is 5.69. The fourth-order valence-electron chi connectivity index (χ4n) is 2.05. The minimum absolute atomic E-state index is 0.00360. The number of halogens is 2. The summed E-state index contributed by atoms with van der Waals surface area (Å²) < 4.78 is 35.8. The van der Waals surface area contributed by atoms with Crippen molar-refractivity contribution in [3.05, 3.63) is 29.6 Å². The zero-order valence-electron chi connectivity index (χ0n) is 10.9. The lowest BCUT2D eigenvalue weighted by Crippen LogP contribution is -2.33. The maximum atomic E-state index is 13.4. The number of hydrogen-bond acceptors (Lipinski definition) is 3. The summed E-state index contributed by atoms with van der Waals surface area (Å²) in [5.41, 5.74) is 0.0771.